The van der Waals surface area contributed by atoms with Crippen molar-refractivity contribution < 1.29 is 22.0 Å². The molecule has 1 atom stereocenters. The second-order valence-corrected chi connectivity index (χ2v) is 9.43. The number of aromatic nitrogens is 2. The maximum Gasteiger partial charge on any atom is 0.284 e. The predicted molar refractivity (Wildman–Crippen MR) is 105 cm³/mol. The van der Waals surface area contributed by atoms with Crippen LogP contribution in [0.2, 0.25) is 5.02 Å². The standard InChI is InChI=1S/C18H21ClF2N4O3S/c1-10-4-3-7-25(9-10)29(27,28)14-8-12(5-6-13(14)19)18(26)22-15-11(2)23-24-16(15)17(20)21/h5-6,8,10,17H,3-4,7,9H2,1-2H3,(H,22,26)(H,23,24)/t10-/m0/s1. The fourth-order valence-electron chi connectivity index (χ4n) is 3.30. The summed E-state index contributed by atoms with van der Waals surface area (Å²) in [7, 11) is -3.89. The van der Waals surface area contributed by atoms with Crippen molar-refractivity contribution in [2.75, 3.05) is 18.4 Å². The molecule has 0 unspecified atom stereocenters. The van der Waals surface area contributed by atoms with Crippen LogP contribution in [0.5, 0.6) is 0 Å². The fraction of sp³-hybridized carbons (Fsp3) is 0.444. The number of carbonyl (C=O) groups is 1. The Kier molecular flexibility index (Phi) is 6.25. The molecule has 11 heteroatoms. The molecule has 2 aromatic rings. The zero-order valence-corrected chi connectivity index (χ0v) is 17.4. The number of alkyl halides is 2. The number of halogens is 3. The summed E-state index contributed by atoms with van der Waals surface area (Å²) in [6.45, 7) is 4.22. The summed E-state index contributed by atoms with van der Waals surface area (Å²) in [5.41, 5.74) is -0.467. The van der Waals surface area contributed by atoms with Gasteiger partial charge in [-0.25, -0.2) is 17.2 Å². The average Bonchev–Trinajstić information content (AvgIpc) is 3.02. The predicted octanol–water partition coefficient (Wildman–Crippen LogP) is 3.98. The van der Waals surface area contributed by atoms with E-state index in [4.69, 9.17) is 11.6 Å². The minimum atomic E-state index is -3.89. The molecule has 1 aromatic carbocycles. The molecule has 0 saturated carbocycles. The van der Waals surface area contributed by atoms with Crippen LogP contribution in [0.4, 0.5) is 14.5 Å². The lowest BCUT2D eigenvalue weighted by Crippen LogP contribution is -2.39. The molecule has 1 aliphatic rings. The lowest BCUT2D eigenvalue weighted by atomic mass is 10.0. The molecule has 0 aliphatic carbocycles. The molecule has 0 spiro atoms. The van der Waals surface area contributed by atoms with E-state index in [9.17, 15) is 22.0 Å². The number of carbonyl (C=O) groups excluding carboxylic acids is 1. The van der Waals surface area contributed by atoms with Crippen molar-refractivity contribution in [2.45, 2.75) is 38.0 Å². The molecular weight excluding hydrogens is 426 g/mol. The number of H-pyrrole nitrogens is 1. The lowest BCUT2D eigenvalue weighted by molar-refractivity contribution is 0.102. The van der Waals surface area contributed by atoms with Gasteiger partial charge in [-0.05, 0) is 43.9 Å². The number of amides is 1. The van der Waals surface area contributed by atoms with Crippen LogP contribution in [0.1, 0.15) is 47.9 Å². The molecule has 158 valence electrons. The number of rotatable bonds is 5. The Labute approximate surface area is 172 Å². The van der Waals surface area contributed by atoms with Crippen molar-refractivity contribution in [2.24, 2.45) is 5.92 Å². The van der Waals surface area contributed by atoms with Crippen molar-refractivity contribution in [3.8, 4) is 0 Å². The van der Waals surface area contributed by atoms with Gasteiger partial charge in [0.1, 0.15) is 4.90 Å². The van der Waals surface area contributed by atoms with Crippen LogP contribution >= 0.6 is 11.6 Å². The van der Waals surface area contributed by atoms with Crippen LogP contribution in [0.3, 0.4) is 0 Å². The molecule has 1 fully saturated rings. The normalized spacial score (nSPS) is 18.2. The summed E-state index contributed by atoms with van der Waals surface area (Å²) in [6, 6.07) is 3.82. The number of benzene rings is 1. The van der Waals surface area contributed by atoms with E-state index in [0.717, 1.165) is 12.8 Å². The molecule has 1 aromatic heterocycles. The number of nitrogens with one attached hydrogen (secondary N) is 2. The number of hydrogen-bond acceptors (Lipinski definition) is 4. The minimum absolute atomic E-state index is 0.00691. The molecule has 7 nitrogen and oxygen atoms in total. The van der Waals surface area contributed by atoms with E-state index in [2.05, 4.69) is 15.5 Å². The minimum Gasteiger partial charge on any atom is -0.319 e. The Balaban J connectivity index is 1.91. The Bertz CT molecular complexity index is 1030. The van der Waals surface area contributed by atoms with Crippen molar-refractivity contribution in [3.63, 3.8) is 0 Å². The summed E-state index contributed by atoms with van der Waals surface area (Å²) in [5, 5.41) is 8.26. The highest BCUT2D eigenvalue weighted by molar-refractivity contribution is 7.89. The zero-order valence-electron chi connectivity index (χ0n) is 15.9. The van der Waals surface area contributed by atoms with Crippen LogP contribution in [0.15, 0.2) is 23.1 Å². The van der Waals surface area contributed by atoms with Crippen LogP contribution in [-0.4, -0.2) is 41.9 Å². The highest BCUT2D eigenvalue weighted by Gasteiger charge is 2.31. The third kappa shape index (κ3) is 4.44. The van der Waals surface area contributed by atoms with Gasteiger partial charge in [0, 0.05) is 18.7 Å². The first-order chi connectivity index (χ1) is 13.6. The molecular formula is C18H21ClF2N4O3S. The number of sulfonamides is 1. The number of aromatic amines is 1. The van der Waals surface area contributed by atoms with Crippen molar-refractivity contribution >= 4 is 33.2 Å². The Hall–Kier alpha value is -2.04. The van der Waals surface area contributed by atoms with E-state index in [1.165, 1.54) is 29.4 Å². The Morgan fingerprint density at radius 1 is 1.41 bits per heavy atom. The number of aryl methyl sites for hydroxylation is 1. The molecule has 0 radical (unpaired) electrons. The first-order valence-corrected chi connectivity index (χ1v) is 10.9. The van der Waals surface area contributed by atoms with Gasteiger partial charge in [0.15, 0.2) is 5.69 Å². The van der Waals surface area contributed by atoms with Crippen molar-refractivity contribution in [3.05, 3.63) is 40.2 Å². The average molecular weight is 447 g/mol. The first-order valence-electron chi connectivity index (χ1n) is 9.05. The summed E-state index contributed by atoms with van der Waals surface area (Å²) >= 11 is 6.12. The highest BCUT2D eigenvalue weighted by atomic mass is 35.5. The zero-order chi connectivity index (χ0) is 21.3. The summed E-state index contributed by atoms with van der Waals surface area (Å²) in [4.78, 5) is 12.4. The van der Waals surface area contributed by atoms with Gasteiger partial charge < -0.3 is 5.32 Å². The smallest absolute Gasteiger partial charge is 0.284 e. The van der Waals surface area contributed by atoms with E-state index >= 15 is 0 Å². The van der Waals surface area contributed by atoms with Gasteiger partial charge in [-0.3, -0.25) is 9.89 Å². The van der Waals surface area contributed by atoms with E-state index in [0.29, 0.717) is 13.1 Å². The second-order valence-electron chi connectivity index (χ2n) is 7.12. The quantitative estimate of drug-likeness (QED) is 0.726. The molecule has 29 heavy (non-hydrogen) atoms. The molecule has 1 aliphatic heterocycles. The molecule has 2 N–H and O–H groups in total. The Morgan fingerprint density at radius 3 is 2.79 bits per heavy atom. The molecule has 1 saturated heterocycles. The van der Waals surface area contributed by atoms with Gasteiger partial charge in [-0.2, -0.15) is 9.40 Å². The van der Waals surface area contributed by atoms with E-state index in [1.807, 2.05) is 6.92 Å². The van der Waals surface area contributed by atoms with Crippen LogP contribution in [0.25, 0.3) is 0 Å². The second kappa shape index (κ2) is 8.37. The van der Waals surface area contributed by atoms with Gasteiger partial charge in [0.2, 0.25) is 10.0 Å². The summed E-state index contributed by atoms with van der Waals surface area (Å²) in [6.07, 6.45) is -1.19. The largest absolute Gasteiger partial charge is 0.319 e. The summed E-state index contributed by atoms with van der Waals surface area (Å²) < 4.78 is 53.6. The third-order valence-electron chi connectivity index (χ3n) is 4.85. The molecule has 1 amide bonds. The maximum absolute atomic E-state index is 13.1. The first kappa shape index (κ1) is 21.7. The van der Waals surface area contributed by atoms with Gasteiger partial charge in [-0.1, -0.05) is 18.5 Å². The third-order valence-corrected chi connectivity index (χ3v) is 7.20. The molecule has 3 rings (SSSR count). The SMILES string of the molecule is Cc1[nH]nc(C(F)F)c1NC(=O)c1ccc(Cl)c(S(=O)(=O)N2CCC[C@H](C)C2)c1. The van der Waals surface area contributed by atoms with Gasteiger partial charge >= 0.3 is 0 Å². The number of piperidine rings is 1. The lowest BCUT2D eigenvalue weighted by Gasteiger charge is -2.30. The van der Waals surface area contributed by atoms with E-state index in [-0.39, 0.29) is 32.8 Å². The summed E-state index contributed by atoms with van der Waals surface area (Å²) in [5.74, 6) is -0.517. The number of hydrogen-bond donors (Lipinski definition) is 2. The molecule has 2 heterocycles. The van der Waals surface area contributed by atoms with Crippen LogP contribution in [0, 0.1) is 12.8 Å². The van der Waals surface area contributed by atoms with Crippen LogP contribution in [-0.2, 0) is 10.0 Å². The van der Waals surface area contributed by atoms with Gasteiger partial charge in [0.05, 0.1) is 16.4 Å². The van der Waals surface area contributed by atoms with Gasteiger partial charge in [-0.15, -0.1) is 0 Å². The number of nitrogens with zero attached hydrogens (tertiary/aromatic N) is 2. The van der Waals surface area contributed by atoms with Crippen LogP contribution < -0.4 is 5.32 Å². The molecule has 0 bridgehead atoms. The fourth-order valence-corrected chi connectivity index (χ4v) is 5.39. The monoisotopic (exact) mass is 446 g/mol. The van der Waals surface area contributed by atoms with Crippen molar-refractivity contribution in [1.82, 2.24) is 14.5 Å². The topological polar surface area (TPSA) is 95.2 Å². The highest BCUT2D eigenvalue weighted by Crippen LogP contribution is 2.31. The van der Waals surface area contributed by atoms with E-state index < -0.39 is 28.0 Å². The van der Waals surface area contributed by atoms with Gasteiger partial charge in [0.25, 0.3) is 12.3 Å². The van der Waals surface area contributed by atoms with E-state index in [1.54, 1.807) is 0 Å². The Morgan fingerprint density at radius 2 is 2.14 bits per heavy atom. The van der Waals surface area contributed by atoms with Crippen molar-refractivity contribution in [1.29, 1.82) is 0 Å². The maximum atomic E-state index is 13.1. The number of anilines is 1.